The van der Waals surface area contributed by atoms with Crippen LogP contribution in [0.2, 0.25) is 0 Å². The quantitative estimate of drug-likeness (QED) is 0.909. The summed E-state index contributed by atoms with van der Waals surface area (Å²) >= 11 is 0. The number of anilines is 1. The van der Waals surface area contributed by atoms with Crippen LogP contribution in [-0.2, 0) is 12.8 Å². The van der Waals surface area contributed by atoms with Crippen LogP contribution in [0, 0.1) is 5.82 Å². The van der Waals surface area contributed by atoms with Crippen LogP contribution in [0.4, 0.5) is 10.3 Å². The van der Waals surface area contributed by atoms with E-state index < -0.39 is 0 Å². The van der Waals surface area contributed by atoms with Crippen molar-refractivity contribution < 1.29 is 9.18 Å². The first-order chi connectivity index (χ1) is 9.72. The maximum Gasteiger partial charge on any atom is 0.258 e. The van der Waals surface area contributed by atoms with Crippen molar-refractivity contribution in [3.05, 3.63) is 47.0 Å². The highest BCUT2D eigenvalue weighted by Gasteiger charge is 2.15. The molecule has 0 saturated heterocycles. The molecule has 1 N–H and O–H groups in total. The van der Waals surface area contributed by atoms with E-state index in [-0.39, 0.29) is 17.7 Å². The number of fused-ring (bicyclic) bond motifs is 1. The van der Waals surface area contributed by atoms with Crippen LogP contribution in [0.1, 0.15) is 34.6 Å². The molecule has 1 heterocycles. The third-order valence-corrected chi connectivity index (χ3v) is 3.25. The summed E-state index contributed by atoms with van der Waals surface area (Å²) in [5, 5.41) is 10.6. The molecule has 1 amide bonds. The number of carbonyl (C=O) groups is 1. The molecule has 3 rings (SSSR count). The average molecular weight is 272 g/mol. The van der Waals surface area contributed by atoms with E-state index in [1.165, 1.54) is 24.3 Å². The summed E-state index contributed by atoms with van der Waals surface area (Å²) in [6.07, 6.45) is 3.94. The fourth-order valence-electron chi connectivity index (χ4n) is 2.19. The van der Waals surface area contributed by atoms with Crippen LogP contribution in [0.15, 0.2) is 24.3 Å². The molecule has 5 nitrogen and oxygen atoms in total. The summed E-state index contributed by atoms with van der Waals surface area (Å²) in [6, 6.07) is 5.30. The van der Waals surface area contributed by atoms with Gasteiger partial charge in [0.2, 0.25) is 5.95 Å². The molecule has 1 aliphatic carbocycles. The molecule has 0 bridgehead atoms. The number of rotatable bonds is 2. The van der Waals surface area contributed by atoms with E-state index in [9.17, 15) is 9.18 Å². The van der Waals surface area contributed by atoms with Crippen molar-refractivity contribution in [2.45, 2.75) is 25.7 Å². The fourth-order valence-corrected chi connectivity index (χ4v) is 2.19. The van der Waals surface area contributed by atoms with Gasteiger partial charge in [0, 0.05) is 5.56 Å². The average Bonchev–Trinajstić information content (AvgIpc) is 2.48. The highest BCUT2D eigenvalue weighted by molar-refractivity contribution is 6.03. The predicted molar refractivity (Wildman–Crippen MR) is 70.8 cm³/mol. The Morgan fingerprint density at radius 1 is 1.05 bits per heavy atom. The molecule has 0 atom stereocenters. The lowest BCUT2D eigenvalue weighted by Gasteiger charge is -2.13. The molecule has 0 spiro atoms. The number of hydrogen-bond donors (Lipinski definition) is 1. The molecule has 6 heteroatoms. The maximum absolute atomic E-state index is 12.8. The van der Waals surface area contributed by atoms with Crippen molar-refractivity contribution in [1.82, 2.24) is 15.2 Å². The second-order valence-electron chi connectivity index (χ2n) is 4.70. The van der Waals surface area contributed by atoms with E-state index in [2.05, 4.69) is 20.5 Å². The van der Waals surface area contributed by atoms with Gasteiger partial charge in [-0.15, -0.1) is 10.2 Å². The first-order valence-corrected chi connectivity index (χ1v) is 6.52. The summed E-state index contributed by atoms with van der Waals surface area (Å²) in [5.74, 6) is -0.559. The number of nitrogens with zero attached hydrogens (tertiary/aromatic N) is 3. The van der Waals surface area contributed by atoms with Crippen molar-refractivity contribution in [2.75, 3.05) is 5.32 Å². The molecule has 0 aliphatic heterocycles. The summed E-state index contributed by atoms with van der Waals surface area (Å²) < 4.78 is 12.8. The zero-order valence-electron chi connectivity index (χ0n) is 10.8. The number of halogens is 1. The van der Waals surface area contributed by atoms with Crippen molar-refractivity contribution in [1.29, 1.82) is 0 Å². The number of carbonyl (C=O) groups excluding carboxylic acids is 1. The lowest BCUT2D eigenvalue weighted by atomic mass is 10.0. The molecular formula is C14H13FN4O. The molecule has 0 unspecified atom stereocenters. The molecule has 1 aromatic carbocycles. The highest BCUT2D eigenvalue weighted by Crippen LogP contribution is 2.17. The number of amides is 1. The Bertz CT molecular complexity index is 642. The minimum absolute atomic E-state index is 0.194. The molecule has 2 aromatic rings. The van der Waals surface area contributed by atoms with Crippen LogP contribution in [0.5, 0.6) is 0 Å². The summed E-state index contributed by atoms with van der Waals surface area (Å²) in [5.41, 5.74) is 2.17. The molecule has 0 saturated carbocycles. The minimum Gasteiger partial charge on any atom is -0.289 e. The van der Waals surface area contributed by atoms with Gasteiger partial charge in [0.05, 0.1) is 11.4 Å². The number of benzene rings is 1. The van der Waals surface area contributed by atoms with Crippen LogP contribution in [0.3, 0.4) is 0 Å². The Hall–Kier alpha value is -2.37. The predicted octanol–water partition coefficient (Wildman–Crippen LogP) is 2.14. The van der Waals surface area contributed by atoms with Gasteiger partial charge in [0.15, 0.2) is 0 Å². The van der Waals surface area contributed by atoms with Gasteiger partial charge in [-0.2, -0.15) is 0 Å². The summed E-state index contributed by atoms with van der Waals surface area (Å²) in [7, 11) is 0. The van der Waals surface area contributed by atoms with Gasteiger partial charge in [-0.3, -0.25) is 10.1 Å². The van der Waals surface area contributed by atoms with Crippen LogP contribution in [0.25, 0.3) is 0 Å². The smallest absolute Gasteiger partial charge is 0.258 e. The van der Waals surface area contributed by atoms with Gasteiger partial charge in [-0.1, -0.05) is 0 Å². The number of nitrogens with one attached hydrogen (secondary N) is 1. The molecule has 0 radical (unpaired) electrons. The van der Waals surface area contributed by atoms with E-state index in [4.69, 9.17) is 0 Å². The van der Waals surface area contributed by atoms with E-state index in [0.717, 1.165) is 37.1 Å². The lowest BCUT2D eigenvalue weighted by molar-refractivity contribution is 0.102. The van der Waals surface area contributed by atoms with Crippen LogP contribution in [-0.4, -0.2) is 21.1 Å². The van der Waals surface area contributed by atoms with Gasteiger partial charge >= 0.3 is 0 Å². The van der Waals surface area contributed by atoms with Crippen LogP contribution < -0.4 is 5.32 Å². The molecule has 102 valence electrons. The highest BCUT2D eigenvalue weighted by atomic mass is 19.1. The number of aromatic nitrogens is 3. The Balaban J connectivity index is 1.77. The van der Waals surface area contributed by atoms with Gasteiger partial charge < -0.3 is 0 Å². The molecule has 1 aliphatic rings. The van der Waals surface area contributed by atoms with Crippen molar-refractivity contribution >= 4 is 11.9 Å². The van der Waals surface area contributed by atoms with Gasteiger partial charge in [0.25, 0.3) is 5.91 Å². The van der Waals surface area contributed by atoms with Crippen LogP contribution >= 0.6 is 0 Å². The Kier molecular flexibility index (Phi) is 3.37. The normalized spacial score (nSPS) is 13.7. The van der Waals surface area contributed by atoms with Crippen molar-refractivity contribution in [3.63, 3.8) is 0 Å². The third-order valence-electron chi connectivity index (χ3n) is 3.25. The second-order valence-corrected chi connectivity index (χ2v) is 4.70. The monoisotopic (exact) mass is 272 g/mol. The fraction of sp³-hybridized carbons (Fsp3) is 0.286. The molecule has 20 heavy (non-hydrogen) atoms. The van der Waals surface area contributed by atoms with E-state index in [0.29, 0.717) is 5.56 Å². The summed E-state index contributed by atoms with van der Waals surface area (Å²) in [4.78, 5) is 16.3. The van der Waals surface area contributed by atoms with E-state index >= 15 is 0 Å². The van der Waals surface area contributed by atoms with E-state index in [1.807, 2.05) is 0 Å². The SMILES string of the molecule is O=C(Nc1nnc2c(n1)CCCC2)c1ccc(F)cc1. The van der Waals surface area contributed by atoms with E-state index in [1.54, 1.807) is 0 Å². The summed E-state index contributed by atoms with van der Waals surface area (Å²) in [6.45, 7) is 0. The third kappa shape index (κ3) is 2.64. The molecule has 0 fully saturated rings. The Labute approximate surface area is 115 Å². The molecule has 1 aromatic heterocycles. The zero-order chi connectivity index (χ0) is 13.9. The largest absolute Gasteiger partial charge is 0.289 e. The van der Waals surface area contributed by atoms with Crippen molar-refractivity contribution in [3.8, 4) is 0 Å². The topological polar surface area (TPSA) is 67.8 Å². The lowest BCUT2D eigenvalue weighted by Crippen LogP contribution is -2.17. The van der Waals surface area contributed by atoms with Crippen molar-refractivity contribution in [2.24, 2.45) is 0 Å². The van der Waals surface area contributed by atoms with Gasteiger partial charge in [-0.25, -0.2) is 9.37 Å². The Morgan fingerprint density at radius 2 is 1.75 bits per heavy atom. The first kappa shape index (κ1) is 12.7. The maximum atomic E-state index is 12.8. The number of hydrogen-bond acceptors (Lipinski definition) is 4. The Morgan fingerprint density at radius 3 is 2.50 bits per heavy atom. The standard InChI is InChI=1S/C14H13FN4O/c15-10-7-5-9(6-8-10)13(20)17-14-16-11-3-1-2-4-12(11)18-19-14/h5-8H,1-4H2,(H,16,17,19,20). The second kappa shape index (κ2) is 5.32. The van der Waals surface area contributed by atoms with Gasteiger partial charge in [0.1, 0.15) is 5.82 Å². The molecular weight excluding hydrogens is 259 g/mol. The van der Waals surface area contributed by atoms with Gasteiger partial charge in [-0.05, 0) is 49.9 Å². The zero-order valence-corrected chi connectivity index (χ0v) is 10.8. The minimum atomic E-state index is -0.381. The first-order valence-electron chi connectivity index (χ1n) is 6.52. The number of aryl methyl sites for hydroxylation is 2.